The Morgan fingerprint density at radius 1 is 0.800 bits per heavy atom. The Bertz CT molecular complexity index is 777. The molecule has 0 fully saturated rings. The van der Waals surface area contributed by atoms with E-state index in [1.165, 1.54) is 24.3 Å². The van der Waals surface area contributed by atoms with Gasteiger partial charge in [-0.25, -0.2) is 0 Å². The number of amides is 2. The van der Waals surface area contributed by atoms with Crippen molar-refractivity contribution in [2.45, 2.75) is 32.5 Å². The van der Waals surface area contributed by atoms with Gasteiger partial charge in [-0.2, -0.15) is 13.2 Å². The monoisotopic (exact) mass is 349 g/mol. The van der Waals surface area contributed by atoms with Crippen LogP contribution in [0, 0.1) is 0 Å². The zero-order valence-electron chi connectivity index (χ0n) is 14.1. The molecule has 0 aliphatic carbocycles. The van der Waals surface area contributed by atoms with Gasteiger partial charge in [-0.3, -0.25) is 14.5 Å². The van der Waals surface area contributed by atoms with Crippen LogP contribution in [0.5, 0.6) is 0 Å². The number of nitrogens with zero attached hydrogens (tertiary/aromatic N) is 1. The summed E-state index contributed by atoms with van der Waals surface area (Å²) in [5, 5.41) is 0. The summed E-state index contributed by atoms with van der Waals surface area (Å²) in [6.07, 6.45) is -4.69. The van der Waals surface area contributed by atoms with E-state index in [1.807, 2.05) is 0 Å². The molecule has 0 unspecified atom stereocenters. The molecule has 2 aromatic rings. The third-order valence-corrected chi connectivity index (χ3v) is 3.56. The van der Waals surface area contributed by atoms with Crippen LogP contribution < -0.4 is 0 Å². The fourth-order valence-corrected chi connectivity index (χ4v) is 2.45. The number of alkyl halides is 3. The molecule has 0 aliphatic rings. The lowest BCUT2D eigenvalue weighted by Gasteiger charge is -2.34. The van der Waals surface area contributed by atoms with Crippen LogP contribution in [0.15, 0.2) is 54.6 Å². The van der Waals surface area contributed by atoms with E-state index in [0.717, 1.165) is 17.0 Å². The minimum Gasteiger partial charge on any atom is -0.269 e. The van der Waals surface area contributed by atoms with Crippen LogP contribution in [0.1, 0.15) is 47.1 Å². The Hall–Kier alpha value is -2.63. The number of benzene rings is 2. The van der Waals surface area contributed by atoms with Gasteiger partial charge in [0.2, 0.25) is 0 Å². The Morgan fingerprint density at radius 2 is 1.32 bits per heavy atom. The molecule has 0 bridgehead atoms. The molecule has 0 saturated heterocycles. The second-order valence-corrected chi connectivity index (χ2v) is 6.53. The third-order valence-electron chi connectivity index (χ3n) is 3.56. The van der Waals surface area contributed by atoms with Crippen molar-refractivity contribution in [1.82, 2.24) is 4.90 Å². The van der Waals surface area contributed by atoms with Crippen LogP contribution in [0.4, 0.5) is 13.2 Å². The average Bonchev–Trinajstić information content (AvgIpc) is 2.53. The quantitative estimate of drug-likeness (QED) is 0.731. The number of imide groups is 1. The van der Waals surface area contributed by atoms with Gasteiger partial charge in [0.15, 0.2) is 0 Å². The molecule has 2 aromatic carbocycles. The van der Waals surface area contributed by atoms with Gasteiger partial charge in [0.25, 0.3) is 11.8 Å². The zero-order chi connectivity index (χ0) is 18.8. The van der Waals surface area contributed by atoms with E-state index in [4.69, 9.17) is 0 Å². The molecule has 0 radical (unpaired) electrons. The number of carbonyl (C=O) groups is 2. The normalized spacial score (nSPS) is 11.9. The van der Waals surface area contributed by atoms with Gasteiger partial charge in [0.1, 0.15) is 0 Å². The molecule has 0 N–H and O–H groups in total. The Kier molecular flexibility index (Phi) is 5.02. The Labute approximate surface area is 144 Å². The van der Waals surface area contributed by atoms with Crippen molar-refractivity contribution in [3.05, 3.63) is 71.3 Å². The molecule has 2 amide bonds. The molecule has 0 spiro atoms. The summed E-state index contributed by atoms with van der Waals surface area (Å²) >= 11 is 0. The van der Waals surface area contributed by atoms with Crippen LogP contribution in [-0.2, 0) is 6.18 Å². The summed E-state index contributed by atoms with van der Waals surface area (Å²) < 4.78 is 39.7. The van der Waals surface area contributed by atoms with E-state index in [-0.39, 0.29) is 5.56 Å². The molecule has 25 heavy (non-hydrogen) atoms. The molecule has 6 heteroatoms. The SMILES string of the molecule is CC(C)(C)N(C(=O)c1ccccc1)C(=O)c1ccccc1C(F)(F)F. The molecular weight excluding hydrogens is 331 g/mol. The molecular formula is C19H18F3NO2. The molecule has 0 heterocycles. The smallest absolute Gasteiger partial charge is 0.269 e. The maximum absolute atomic E-state index is 13.2. The lowest BCUT2D eigenvalue weighted by atomic mass is 9.99. The lowest BCUT2D eigenvalue weighted by molar-refractivity contribution is -0.138. The summed E-state index contributed by atoms with van der Waals surface area (Å²) in [7, 11) is 0. The van der Waals surface area contributed by atoms with Crippen LogP contribution in [0.25, 0.3) is 0 Å². The molecule has 132 valence electrons. The van der Waals surface area contributed by atoms with Crippen molar-refractivity contribution in [3.8, 4) is 0 Å². The largest absolute Gasteiger partial charge is 0.417 e. The fraction of sp³-hybridized carbons (Fsp3) is 0.263. The first-order chi connectivity index (χ1) is 11.5. The van der Waals surface area contributed by atoms with E-state index < -0.39 is 34.7 Å². The topological polar surface area (TPSA) is 37.4 Å². The highest BCUT2D eigenvalue weighted by Gasteiger charge is 2.40. The second-order valence-electron chi connectivity index (χ2n) is 6.53. The van der Waals surface area contributed by atoms with Gasteiger partial charge in [-0.1, -0.05) is 30.3 Å². The van der Waals surface area contributed by atoms with Gasteiger partial charge in [0.05, 0.1) is 11.1 Å². The van der Waals surface area contributed by atoms with Crippen molar-refractivity contribution in [2.24, 2.45) is 0 Å². The van der Waals surface area contributed by atoms with Crippen LogP contribution >= 0.6 is 0 Å². The van der Waals surface area contributed by atoms with Crippen LogP contribution in [-0.4, -0.2) is 22.3 Å². The van der Waals surface area contributed by atoms with Crippen molar-refractivity contribution in [2.75, 3.05) is 0 Å². The predicted molar refractivity (Wildman–Crippen MR) is 88.1 cm³/mol. The Morgan fingerprint density at radius 3 is 1.84 bits per heavy atom. The minimum absolute atomic E-state index is 0.232. The van der Waals surface area contributed by atoms with E-state index in [0.29, 0.717) is 0 Å². The molecule has 3 nitrogen and oxygen atoms in total. The third kappa shape index (κ3) is 4.07. The highest BCUT2D eigenvalue weighted by molar-refractivity contribution is 6.11. The molecule has 0 atom stereocenters. The number of hydrogen-bond acceptors (Lipinski definition) is 2. The van der Waals surface area contributed by atoms with Gasteiger partial charge in [0, 0.05) is 11.1 Å². The summed E-state index contributed by atoms with van der Waals surface area (Å²) in [4.78, 5) is 26.5. The fourth-order valence-electron chi connectivity index (χ4n) is 2.45. The van der Waals surface area contributed by atoms with Crippen molar-refractivity contribution >= 4 is 11.8 Å². The number of hydrogen-bond donors (Lipinski definition) is 0. The maximum Gasteiger partial charge on any atom is 0.417 e. The molecule has 0 saturated carbocycles. The van der Waals surface area contributed by atoms with Gasteiger partial charge < -0.3 is 0 Å². The second kappa shape index (κ2) is 6.70. The zero-order valence-corrected chi connectivity index (χ0v) is 14.1. The summed E-state index contributed by atoms with van der Waals surface area (Å²) in [6.45, 7) is 4.80. The molecule has 0 aliphatic heterocycles. The standard InChI is InChI=1S/C19H18F3NO2/c1-18(2,3)23(16(24)13-9-5-4-6-10-13)17(25)14-11-7-8-12-15(14)19(20,21)22/h4-12H,1-3H3. The van der Waals surface area contributed by atoms with E-state index >= 15 is 0 Å². The lowest BCUT2D eigenvalue weighted by Crippen LogP contribution is -2.49. The average molecular weight is 349 g/mol. The number of carbonyl (C=O) groups excluding carboxylic acids is 2. The first-order valence-electron chi connectivity index (χ1n) is 7.63. The number of halogens is 3. The van der Waals surface area contributed by atoms with Crippen molar-refractivity contribution in [1.29, 1.82) is 0 Å². The van der Waals surface area contributed by atoms with Crippen LogP contribution in [0.3, 0.4) is 0 Å². The van der Waals surface area contributed by atoms with E-state index in [9.17, 15) is 22.8 Å². The van der Waals surface area contributed by atoms with Gasteiger partial charge in [-0.05, 0) is 45.0 Å². The van der Waals surface area contributed by atoms with Gasteiger partial charge >= 0.3 is 6.18 Å². The summed E-state index contributed by atoms with van der Waals surface area (Å²) in [5.41, 5.74) is -2.37. The summed E-state index contributed by atoms with van der Waals surface area (Å²) in [6, 6.07) is 12.5. The maximum atomic E-state index is 13.2. The predicted octanol–water partition coefficient (Wildman–Crippen LogP) is 4.79. The number of rotatable bonds is 2. The molecule has 2 rings (SSSR count). The van der Waals surface area contributed by atoms with E-state index in [1.54, 1.807) is 39.0 Å². The van der Waals surface area contributed by atoms with E-state index in [2.05, 4.69) is 0 Å². The first kappa shape index (κ1) is 18.7. The highest BCUT2D eigenvalue weighted by atomic mass is 19.4. The summed E-state index contributed by atoms with van der Waals surface area (Å²) in [5.74, 6) is -1.62. The first-order valence-corrected chi connectivity index (χ1v) is 7.63. The van der Waals surface area contributed by atoms with Crippen LogP contribution in [0.2, 0.25) is 0 Å². The molecule has 0 aromatic heterocycles. The highest BCUT2D eigenvalue weighted by Crippen LogP contribution is 2.33. The van der Waals surface area contributed by atoms with Crippen molar-refractivity contribution in [3.63, 3.8) is 0 Å². The van der Waals surface area contributed by atoms with Gasteiger partial charge in [-0.15, -0.1) is 0 Å². The Balaban J connectivity index is 2.55. The van der Waals surface area contributed by atoms with Crippen molar-refractivity contribution < 1.29 is 22.8 Å². The minimum atomic E-state index is -4.69.